The fraction of sp³-hybridized carbons (Fsp3) is 0.346. The lowest BCUT2D eigenvalue weighted by Gasteiger charge is -2.60. The number of H-pyrrole nitrogens is 1. The number of benzene rings is 2. The molecule has 1 N–H and O–H groups in total. The van der Waals surface area contributed by atoms with Crippen molar-refractivity contribution in [2.75, 3.05) is 31.1 Å². The zero-order valence-corrected chi connectivity index (χ0v) is 20.7. The Morgan fingerprint density at radius 3 is 2.50 bits per heavy atom. The maximum Gasteiger partial charge on any atom is 0.410 e. The third kappa shape index (κ3) is 4.05. The van der Waals surface area contributed by atoms with E-state index in [9.17, 15) is 9.59 Å². The quantitative estimate of drug-likeness (QED) is 0.518. The maximum absolute atomic E-state index is 15.5. The molecule has 0 saturated carbocycles. The molecule has 3 aromatic rings. The average molecular weight is 513 g/mol. The van der Waals surface area contributed by atoms with Crippen LogP contribution in [0.1, 0.15) is 26.3 Å². The number of nitrogens with zero attached hydrogens (tertiary/aromatic N) is 3. The van der Waals surface area contributed by atoms with Crippen molar-refractivity contribution in [1.29, 1.82) is 5.26 Å². The lowest BCUT2D eigenvalue weighted by atomic mass is 9.72. The smallest absolute Gasteiger partial charge is 0.410 e. The summed E-state index contributed by atoms with van der Waals surface area (Å²) in [5.74, 6) is -1.74. The maximum atomic E-state index is 15.5. The Balaban J connectivity index is 1.40. The second-order valence-corrected chi connectivity index (χ2v) is 10.9. The second kappa shape index (κ2) is 8.20. The van der Waals surface area contributed by atoms with E-state index in [4.69, 9.17) is 21.6 Å². The van der Waals surface area contributed by atoms with Gasteiger partial charge in [0.1, 0.15) is 11.3 Å². The first-order valence-corrected chi connectivity index (χ1v) is 11.8. The second-order valence-electron chi connectivity index (χ2n) is 10.5. The van der Waals surface area contributed by atoms with Crippen LogP contribution in [0.5, 0.6) is 0 Å². The number of carbonyl (C=O) groups is 1. The van der Waals surface area contributed by atoms with Crippen LogP contribution in [0.4, 0.5) is 19.3 Å². The van der Waals surface area contributed by atoms with E-state index >= 15 is 8.78 Å². The molecule has 36 heavy (non-hydrogen) atoms. The van der Waals surface area contributed by atoms with Crippen LogP contribution in [0.25, 0.3) is 22.2 Å². The highest BCUT2D eigenvalue weighted by Gasteiger charge is 2.55. The zero-order chi connectivity index (χ0) is 26.0. The van der Waals surface area contributed by atoms with Crippen molar-refractivity contribution in [3.05, 3.63) is 62.8 Å². The van der Waals surface area contributed by atoms with Crippen LogP contribution in [0, 0.1) is 28.4 Å². The topological polar surface area (TPSA) is 89.4 Å². The predicted molar refractivity (Wildman–Crippen MR) is 132 cm³/mol. The summed E-state index contributed by atoms with van der Waals surface area (Å²) in [4.78, 5) is 31.1. The fourth-order valence-corrected chi connectivity index (χ4v) is 5.13. The molecule has 2 saturated heterocycles. The van der Waals surface area contributed by atoms with Gasteiger partial charge in [-0.3, -0.25) is 4.79 Å². The first kappa shape index (κ1) is 24.1. The van der Waals surface area contributed by atoms with Crippen LogP contribution in [0.3, 0.4) is 0 Å². The molecule has 186 valence electrons. The SMILES string of the molecule is CC(C)(C)OC(=O)N1CC2(C1)CN(c1c(F)cc3[nH]c(-c4cc(C#N)ccc4Cl)cc(=O)c3c1F)C2. The van der Waals surface area contributed by atoms with Crippen molar-refractivity contribution in [2.24, 2.45) is 5.41 Å². The summed E-state index contributed by atoms with van der Waals surface area (Å²) >= 11 is 6.24. The van der Waals surface area contributed by atoms with E-state index in [0.717, 1.165) is 6.07 Å². The molecule has 2 aliphatic rings. The van der Waals surface area contributed by atoms with Gasteiger partial charge in [-0.1, -0.05) is 11.6 Å². The minimum atomic E-state index is -0.937. The Hall–Kier alpha value is -3.64. The third-order valence-corrected chi connectivity index (χ3v) is 6.77. The van der Waals surface area contributed by atoms with Gasteiger partial charge in [0.15, 0.2) is 17.1 Å². The van der Waals surface area contributed by atoms with E-state index in [0.29, 0.717) is 37.3 Å². The minimum Gasteiger partial charge on any atom is -0.444 e. The summed E-state index contributed by atoms with van der Waals surface area (Å²) in [5, 5.41) is 9.19. The van der Waals surface area contributed by atoms with Gasteiger partial charge in [0.05, 0.1) is 28.2 Å². The van der Waals surface area contributed by atoms with Crippen LogP contribution >= 0.6 is 11.6 Å². The van der Waals surface area contributed by atoms with E-state index < -0.39 is 28.8 Å². The van der Waals surface area contributed by atoms with Crippen LogP contribution < -0.4 is 10.3 Å². The molecule has 0 radical (unpaired) electrons. The Morgan fingerprint density at radius 1 is 1.17 bits per heavy atom. The number of pyridine rings is 1. The normalized spacial score (nSPS) is 16.5. The number of ether oxygens (including phenoxy) is 1. The standard InChI is InChI=1S/C26H23ClF2N4O3/c1-25(2,3)36-24(35)33-12-26(13-33)10-32(11-26)23-17(28)7-19-21(22(23)29)20(34)8-18(31-19)15-6-14(9-30)4-5-16(15)27/h4-8H,10-13H2,1-3H3,(H,31,34). The van der Waals surface area contributed by atoms with E-state index in [1.165, 1.54) is 24.3 Å². The minimum absolute atomic E-state index is 0.00957. The van der Waals surface area contributed by atoms with Gasteiger partial charge in [-0.05, 0) is 39.0 Å². The third-order valence-electron chi connectivity index (χ3n) is 6.44. The number of hydrogen-bond donors (Lipinski definition) is 1. The first-order valence-electron chi connectivity index (χ1n) is 11.4. The van der Waals surface area contributed by atoms with Crippen molar-refractivity contribution in [3.8, 4) is 17.3 Å². The number of aromatic amines is 1. The number of fused-ring (bicyclic) bond motifs is 1. The van der Waals surface area contributed by atoms with Gasteiger partial charge in [0, 0.05) is 54.3 Å². The van der Waals surface area contributed by atoms with Gasteiger partial charge >= 0.3 is 6.09 Å². The van der Waals surface area contributed by atoms with Crippen molar-refractivity contribution >= 4 is 34.3 Å². The molecule has 0 unspecified atom stereocenters. The van der Waals surface area contributed by atoms with E-state index in [1.54, 1.807) is 30.6 Å². The molecule has 3 heterocycles. The monoisotopic (exact) mass is 512 g/mol. The highest BCUT2D eigenvalue weighted by atomic mass is 35.5. The van der Waals surface area contributed by atoms with Gasteiger partial charge in [-0.15, -0.1) is 0 Å². The highest BCUT2D eigenvalue weighted by Crippen LogP contribution is 2.44. The number of aromatic nitrogens is 1. The van der Waals surface area contributed by atoms with Crippen molar-refractivity contribution in [2.45, 2.75) is 26.4 Å². The number of amides is 1. The molecule has 2 aromatic carbocycles. The van der Waals surface area contributed by atoms with E-state index in [1.807, 2.05) is 6.07 Å². The van der Waals surface area contributed by atoms with Crippen molar-refractivity contribution in [3.63, 3.8) is 0 Å². The number of halogens is 3. The summed E-state index contributed by atoms with van der Waals surface area (Å²) in [7, 11) is 0. The summed E-state index contributed by atoms with van der Waals surface area (Å²) in [6.45, 7) is 6.98. The van der Waals surface area contributed by atoms with Crippen molar-refractivity contribution < 1.29 is 18.3 Å². The molecule has 2 fully saturated rings. The number of anilines is 1. The molecule has 10 heteroatoms. The largest absolute Gasteiger partial charge is 0.444 e. The van der Waals surface area contributed by atoms with Gasteiger partial charge in [-0.2, -0.15) is 5.26 Å². The Bertz CT molecular complexity index is 1510. The van der Waals surface area contributed by atoms with Gasteiger partial charge in [0.2, 0.25) is 0 Å². The van der Waals surface area contributed by atoms with Gasteiger partial charge in [0.25, 0.3) is 0 Å². The van der Waals surface area contributed by atoms with Crippen LogP contribution in [-0.4, -0.2) is 47.8 Å². The van der Waals surface area contributed by atoms with Gasteiger partial charge in [-0.25, -0.2) is 13.6 Å². The lowest BCUT2D eigenvalue weighted by molar-refractivity contribution is -0.0455. The summed E-state index contributed by atoms with van der Waals surface area (Å²) < 4.78 is 36.0. The molecule has 2 aliphatic heterocycles. The molecule has 1 spiro atoms. The van der Waals surface area contributed by atoms with Gasteiger partial charge < -0.3 is 19.5 Å². The number of nitrogens with one attached hydrogen (secondary N) is 1. The average Bonchev–Trinajstić information content (AvgIpc) is 2.72. The summed E-state index contributed by atoms with van der Waals surface area (Å²) in [6, 6.07) is 8.84. The lowest BCUT2D eigenvalue weighted by Crippen LogP contribution is -2.73. The number of likely N-dealkylation sites (tertiary alicyclic amines) is 1. The Kier molecular flexibility index (Phi) is 5.49. The molecular formula is C26H23ClF2N4O3. The molecular weight excluding hydrogens is 490 g/mol. The van der Waals surface area contributed by atoms with Crippen LogP contribution in [-0.2, 0) is 4.74 Å². The predicted octanol–water partition coefficient (Wildman–Crippen LogP) is 5.06. The molecule has 7 nitrogen and oxygen atoms in total. The summed E-state index contributed by atoms with van der Waals surface area (Å²) in [6.07, 6.45) is -0.405. The molecule has 1 aromatic heterocycles. The van der Waals surface area contributed by atoms with Crippen LogP contribution in [0.15, 0.2) is 35.1 Å². The molecule has 5 rings (SSSR count). The first-order chi connectivity index (χ1) is 16.9. The fourth-order valence-electron chi connectivity index (χ4n) is 4.91. The Morgan fingerprint density at radius 2 is 1.86 bits per heavy atom. The number of nitriles is 1. The van der Waals surface area contributed by atoms with E-state index in [-0.39, 0.29) is 32.7 Å². The molecule has 0 aliphatic carbocycles. The highest BCUT2D eigenvalue weighted by molar-refractivity contribution is 6.33. The number of hydrogen-bond acceptors (Lipinski definition) is 5. The molecule has 1 amide bonds. The zero-order valence-electron chi connectivity index (χ0n) is 19.9. The molecule has 0 bridgehead atoms. The number of rotatable bonds is 2. The van der Waals surface area contributed by atoms with Crippen molar-refractivity contribution in [1.82, 2.24) is 9.88 Å². The van der Waals surface area contributed by atoms with Crippen LogP contribution in [0.2, 0.25) is 5.02 Å². The Labute approximate surface area is 210 Å². The number of carbonyl (C=O) groups excluding carboxylic acids is 1. The van der Waals surface area contributed by atoms with E-state index in [2.05, 4.69) is 4.98 Å². The molecule has 0 atom stereocenters. The summed E-state index contributed by atoms with van der Waals surface area (Å²) in [5.41, 5.74) is -0.786.